The lowest BCUT2D eigenvalue weighted by atomic mass is 10.2. The predicted molar refractivity (Wildman–Crippen MR) is 87.1 cm³/mol. The molecule has 1 heterocycles. The topological polar surface area (TPSA) is 34.1 Å². The zero-order valence-corrected chi connectivity index (χ0v) is 14.1. The summed E-state index contributed by atoms with van der Waals surface area (Å²) < 4.78 is 6.77. The molecule has 108 valence electrons. The van der Waals surface area contributed by atoms with Gasteiger partial charge in [-0.1, -0.05) is 19.9 Å². The highest BCUT2D eigenvalue weighted by molar-refractivity contribution is 9.10. The van der Waals surface area contributed by atoms with Crippen molar-refractivity contribution < 1.29 is 4.74 Å². The molecule has 5 heteroatoms. The molecule has 0 atom stereocenters. The van der Waals surface area contributed by atoms with Crippen LogP contribution in [0.5, 0.6) is 5.75 Å². The predicted octanol–water partition coefficient (Wildman–Crippen LogP) is 4.23. The molecule has 0 unspecified atom stereocenters. The van der Waals surface area contributed by atoms with Crippen molar-refractivity contribution in [3.8, 4) is 5.75 Å². The zero-order valence-electron chi connectivity index (χ0n) is 11.7. The molecule has 20 heavy (non-hydrogen) atoms. The van der Waals surface area contributed by atoms with Crippen LogP contribution in [0.2, 0.25) is 0 Å². The summed E-state index contributed by atoms with van der Waals surface area (Å²) in [5, 5.41) is 3.43. The highest BCUT2D eigenvalue weighted by atomic mass is 79.9. The summed E-state index contributed by atoms with van der Waals surface area (Å²) in [5.74, 6) is 1.53. The van der Waals surface area contributed by atoms with E-state index in [2.05, 4.69) is 52.2 Å². The molecule has 0 spiro atoms. The minimum absolute atomic E-state index is 0.564. The Morgan fingerprint density at radius 1 is 1.40 bits per heavy atom. The quantitative estimate of drug-likeness (QED) is 0.807. The van der Waals surface area contributed by atoms with Gasteiger partial charge in [0.2, 0.25) is 0 Å². The number of ether oxygens (including phenoxy) is 1. The molecule has 0 aliphatic heterocycles. The van der Waals surface area contributed by atoms with Crippen LogP contribution >= 0.6 is 27.3 Å². The van der Waals surface area contributed by atoms with Crippen molar-refractivity contribution in [2.75, 3.05) is 6.54 Å². The van der Waals surface area contributed by atoms with E-state index in [9.17, 15) is 0 Å². The van der Waals surface area contributed by atoms with Gasteiger partial charge < -0.3 is 10.1 Å². The maximum Gasteiger partial charge on any atom is 0.134 e. The Bertz CT molecular complexity index is 529. The molecule has 0 fully saturated rings. The Kier molecular flexibility index (Phi) is 6.01. The first-order valence-corrected chi connectivity index (χ1v) is 8.31. The maximum atomic E-state index is 5.78. The number of nitrogens with zero attached hydrogens (tertiary/aromatic N) is 1. The van der Waals surface area contributed by atoms with Crippen molar-refractivity contribution >= 4 is 27.3 Å². The third-order valence-electron chi connectivity index (χ3n) is 2.73. The van der Waals surface area contributed by atoms with E-state index in [-0.39, 0.29) is 0 Å². The smallest absolute Gasteiger partial charge is 0.134 e. The first-order valence-electron chi connectivity index (χ1n) is 6.64. The highest BCUT2D eigenvalue weighted by Gasteiger charge is 2.04. The van der Waals surface area contributed by atoms with Crippen molar-refractivity contribution in [1.82, 2.24) is 10.3 Å². The summed E-state index contributed by atoms with van der Waals surface area (Å²) in [6.45, 7) is 6.89. The summed E-state index contributed by atoms with van der Waals surface area (Å²) in [7, 11) is 0. The van der Waals surface area contributed by atoms with Crippen LogP contribution in [-0.4, -0.2) is 11.5 Å². The van der Waals surface area contributed by atoms with E-state index >= 15 is 0 Å². The standard InChI is InChI=1S/C15H19BrN2OS/c1-11(2)6-17-7-12-3-4-15(14(16)5-12)19-9-13-8-18-10-20-13/h3-5,8,10-11,17H,6-7,9H2,1-2H3. The molecule has 1 aromatic carbocycles. The van der Waals surface area contributed by atoms with E-state index in [1.165, 1.54) is 5.56 Å². The van der Waals surface area contributed by atoms with Gasteiger partial charge in [-0.2, -0.15) is 0 Å². The van der Waals surface area contributed by atoms with Gasteiger partial charge >= 0.3 is 0 Å². The van der Waals surface area contributed by atoms with Crippen LogP contribution < -0.4 is 10.1 Å². The second-order valence-electron chi connectivity index (χ2n) is 5.05. The molecule has 0 amide bonds. The Balaban J connectivity index is 1.88. The maximum absolute atomic E-state index is 5.78. The lowest BCUT2D eigenvalue weighted by Gasteiger charge is -2.10. The fourth-order valence-corrected chi connectivity index (χ4v) is 2.79. The van der Waals surface area contributed by atoms with Gasteiger partial charge in [-0.15, -0.1) is 11.3 Å². The van der Waals surface area contributed by atoms with Crippen LogP contribution in [-0.2, 0) is 13.2 Å². The number of hydrogen-bond acceptors (Lipinski definition) is 4. The number of hydrogen-bond donors (Lipinski definition) is 1. The minimum atomic E-state index is 0.564. The zero-order chi connectivity index (χ0) is 14.4. The molecule has 0 saturated heterocycles. The summed E-state index contributed by atoms with van der Waals surface area (Å²) in [6.07, 6.45) is 1.84. The molecule has 0 aliphatic rings. The lowest BCUT2D eigenvalue weighted by Crippen LogP contribution is -2.18. The van der Waals surface area contributed by atoms with Crippen LogP contribution in [0, 0.1) is 5.92 Å². The summed E-state index contributed by atoms with van der Waals surface area (Å²) in [5.41, 5.74) is 3.07. The molecule has 0 bridgehead atoms. The number of rotatable bonds is 7. The minimum Gasteiger partial charge on any atom is -0.487 e. The number of halogens is 1. The van der Waals surface area contributed by atoms with Crippen LogP contribution in [0.15, 0.2) is 34.4 Å². The first-order chi connectivity index (χ1) is 9.65. The Hall–Kier alpha value is -0.910. The molecule has 0 aliphatic carbocycles. The monoisotopic (exact) mass is 354 g/mol. The summed E-state index contributed by atoms with van der Waals surface area (Å²) >= 11 is 5.17. The van der Waals surface area contributed by atoms with E-state index in [4.69, 9.17) is 4.74 Å². The third kappa shape index (κ3) is 4.89. The average molecular weight is 355 g/mol. The van der Waals surface area contributed by atoms with E-state index < -0.39 is 0 Å². The SMILES string of the molecule is CC(C)CNCc1ccc(OCc2cncs2)c(Br)c1. The van der Waals surface area contributed by atoms with Gasteiger partial charge in [0.15, 0.2) is 0 Å². The van der Waals surface area contributed by atoms with Gasteiger partial charge in [0.25, 0.3) is 0 Å². The molecular weight excluding hydrogens is 336 g/mol. The van der Waals surface area contributed by atoms with E-state index in [0.717, 1.165) is 28.2 Å². The molecule has 0 saturated carbocycles. The third-order valence-corrected chi connectivity index (χ3v) is 4.10. The van der Waals surface area contributed by atoms with Crippen molar-refractivity contribution in [2.24, 2.45) is 5.92 Å². The second kappa shape index (κ2) is 7.76. The highest BCUT2D eigenvalue weighted by Crippen LogP contribution is 2.27. The van der Waals surface area contributed by atoms with Gasteiger partial charge in [-0.3, -0.25) is 4.98 Å². The molecule has 1 aromatic heterocycles. The number of thiazole rings is 1. The first kappa shape index (κ1) is 15.5. The van der Waals surface area contributed by atoms with Gasteiger partial charge in [-0.25, -0.2) is 0 Å². The summed E-state index contributed by atoms with van der Waals surface area (Å²) in [4.78, 5) is 5.16. The fourth-order valence-electron chi connectivity index (χ4n) is 1.74. The van der Waals surface area contributed by atoms with Crippen molar-refractivity contribution in [1.29, 1.82) is 0 Å². The van der Waals surface area contributed by atoms with Gasteiger partial charge in [-0.05, 0) is 46.1 Å². The van der Waals surface area contributed by atoms with E-state index in [1.807, 2.05) is 17.8 Å². The van der Waals surface area contributed by atoms with Crippen LogP contribution in [0.4, 0.5) is 0 Å². The molecule has 3 nitrogen and oxygen atoms in total. The Morgan fingerprint density at radius 3 is 2.90 bits per heavy atom. The second-order valence-corrected chi connectivity index (χ2v) is 6.87. The Labute approximate surface area is 132 Å². The van der Waals surface area contributed by atoms with E-state index in [1.54, 1.807) is 11.3 Å². The fraction of sp³-hybridized carbons (Fsp3) is 0.400. The van der Waals surface area contributed by atoms with E-state index in [0.29, 0.717) is 12.5 Å². The Morgan fingerprint density at radius 2 is 2.25 bits per heavy atom. The molecule has 2 aromatic rings. The van der Waals surface area contributed by atoms with Crippen molar-refractivity contribution in [2.45, 2.75) is 27.0 Å². The largest absolute Gasteiger partial charge is 0.487 e. The van der Waals surface area contributed by atoms with Crippen molar-refractivity contribution in [3.05, 3.63) is 44.8 Å². The average Bonchev–Trinajstić information content (AvgIpc) is 2.90. The van der Waals surface area contributed by atoms with Crippen molar-refractivity contribution in [3.63, 3.8) is 0 Å². The molecule has 1 N–H and O–H groups in total. The van der Waals surface area contributed by atoms with Gasteiger partial charge in [0, 0.05) is 12.7 Å². The number of benzene rings is 1. The lowest BCUT2D eigenvalue weighted by molar-refractivity contribution is 0.307. The summed E-state index contributed by atoms with van der Waals surface area (Å²) in [6, 6.07) is 6.22. The van der Waals surface area contributed by atoms with Gasteiger partial charge in [0.05, 0.1) is 14.9 Å². The molecule has 0 radical (unpaired) electrons. The van der Waals surface area contributed by atoms with Crippen LogP contribution in [0.25, 0.3) is 0 Å². The van der Waals surface area contributed by atoms with Crippen LogP contribution in [0.1, 0.15) is 24.3 Å². The normalized spacial score (nSPS) is 11.0. The molecular formula is C15H19BrN2OS. The molecule has 2 rings (SSSR count). The number of aromatic nitrogens is 1. The van der Waals surface area contributed by atoms with Gasteiger partial charge in [0.1, 0.15) is 12.4 Å². The van der Waals surface area contributed by atoms with Crippen LogP contribution in [0.3, 0.4) is 0 Å². The number of nitrogens with one attached hydrogen (secondary N) is 1.